The number of nitrogen functional groups attached to an aromatic ring is 1. The van der Waals surface area contributed by atoms with E-state index in [-0.39, 0.29) is 4.87 Å². The lowest BCUT2D eigenvalue weighted by Gasteiger charge is -2.04. The third-order valence-corrected chi connectivity index (χ3v) is 3.53. The molecule has 2 rings (SSSR count). The molecule has 0 unspecified atom stereocenters. The van der Waals surface area contributed by atoms with Gasteiger partial charge in [-0.1, -0.05) is 11.3 Å². The molecule has 0 spiro atoms. The van der Waals surface area contributed by atoms with Gasteiger partial charge < -0.3 is 5.73 Å². The molecule has 2 heterocycles. The van der Waals surface area contributed by atoms with E-state index >= 15 is 0 Å². The van der Waals surface area contributed by atoms with E-state index in [1.54, 1.807) is 22.9 Å². The summed E-state index contributed by atoms with van der Waals surface area (Å²) in [6, 6.07) is 3.52. The summed E-state index contributed by atoms with van der Waals surface area (Å²) in [5, 5.41) is 0. The van der Waals surface area contributed by atoms with Gasteiger partial charge in [-0.15, -0.1) is 0 Å². The molecule has 0 fully saturated rings. The maximum atomic E-state index is 11.7. The van der Waals surface area contributed by atoms with Crippen molar-refractivity contribution < 1.29 is 0 Å². The first kappa shape index (κ1) is 10.9. The predicted molar refractivity (Wildman–Crippen MR) is 65.8 cm³/mol. The van der Waals surface area contributed by atoms with Gasteiger partial charge in [-0.3, -0.25) is 14.3 Å². The molecular formula is C11H13N3OS. The Morgan fingerprint density at radius 3 is 2.81 bits per heavy atom. The molecule has 0 aliphatic carbocycles. The second-order valence-corrected chi connectivity index (χ2v) is 4.84. The van der Waals surface area contributed by atoms with E-state index in [4.69, 9.17) is 5.73 Å². The van der Waals surface area contributed by atoms with Gasteiger partial charge in [0.1, 0.15) is 0 Å². The first-order valence-electron chi connectivity index (χ1n) is 4.95. The van der Waals surface area contributed by atoms with Crippen LogP contribution in [0.1, 0.15) is 16.3 Å². The zero-order valence-electron chi connectivity index (χ0n) is 9.23. The fourth-order valence-electron chi connectivity index (χ4n) is 1.52. The Bertz CT molecular complexity index is 571. The van der Waals surface area contributed by atoms with Gasteiger partial charge in [0, 0.05) is 22.5 Å². The molecular weight excluding hydrogens is 222 g/mol. The van der Waals surface area contributed by atoms with Gasteiger partial charge >= 0.3 is 4.87 Å². The number of hydrogen-bond acceptors (Lipinski definition) is 4. The fourth-order valence-corrected chi connectivity index (χ4v) is 2.35. The van der Waals surface area contributed by atoms with E-state index < -0.39 is 0 Å². The summed E-state index contributed by atoms with van der Waals surface area (Å²) in [4.78, 5) is 17.0. The Labute approximate surface area is 97.4 Å². The van der Waals surface area contributed by atoms with Gasteiger partial charge in [-0.25, -0.2) is 0 Å². The van der Waals surface area contributed by atoms with Crippen LogP contribution < -0.4 is 10.6 Å². The summed E-state index contributed by atoms with van der Waals surface area (Å²) < 4.78 is 1.72. The van der Waals surface area contributed by atoms with Crippen LogP contribution in [0.2, 0.25) is 0 Å². The summed E-state index contributed by atoms with van der Waals surface area (Å²) in [5.74, 6) is 0. The molecule has 2 aromatic heterocycles. The molecule has 2 N–H and O–H groups in total. The van der Waals surface area contributed by atoms with Gasteiger partial charge in [0.15, 0.2) is 0 Å². The minimum atomic E-state index is 0.0548. The van der Waals surface area contributed by atoms with Crippen LogP contribution in [0.4, 0.5) is 5.69 Å². The molecule has 4 nitrogen and oxygen atoms in total. The Morgan fingerprint density at radius 1 is 1.50 bits per heavy atom. The molecule has 0 bridgehead atoms. The number of nitrogens with zero attached hydrogens (tertiary/aromatic N) is 2. The largest absolute Gasteiger partial charge is 0.399 e. The molecule has 0 aliphatic heterocycles. The lowest BCUT2D eigenvalue weighted by Crippen LogP contribution is -2.16. The average molecular weight is 235 g/mol. The van der Waals surface area contributed by atoms with Crippen molar-refractivity contribution in [2.24, 2.45) is 0 Å². The second kappa shape index (κ2) is 4.09. The fraction of sp³-hybridized carbons (Fsp3) is 0.273. The Hall–Kier alpha value is -1.62. The highest BCUT2D eigenvalue weighted by Crippen LogP contribution is 2.11. The molecule has 16 heavy (non-hydrogen) atoms. The number of aryl methyl sites for hydroxylation is 1. The second-order valence-electron chi connectivity index (χ2n) is 3.68. The number of hydrogen-bond donors (Lipinski definition) is 1. The van der Waals surface area contributed by atoms with E-state index in [0.717, 1.165) is 16.3 Å². The predicted octanol–water partition coefficient (Wildman–Crippen LogP) is 1.55. The molecule has 0 amide bonds. The summed E-state index contributed by atoms with van der Waals surface area (Å²) in [6.45, 7) is 4.38. The van der Waals surface area contributed by atoms with Gasteiger partial charge in [-0.05, 0) is 26.0 Å². The third kappa shape index (κ3) is 1.99. The normalized spacial score (nSPS) is 10.6. The number of pyridine rings is 1. The van der Waals surface area contributed by atoms with E-state index in [0.29, 0.717) is 12.2 Å². The molecule has 0 atom stereocenters. The topological polar surface area (TPSA) is 60.9 Å². The van der Waals surface area contributed by atoms with Crippen LogP contribution in [-0.2, 0) is 6.54 Å². The number of anilines is 1. The van der Waals surface area contributed by atoms with Crippen molar-refractivity contribution in [3.05, 3.63) is 44.3 Å². The monoisotopic (exact) mass is 235 g/mol. The summed E-state index contributed by atoms with van der Waals surface area (Å²) in [6.07, 6.45) is 1.66. The van der Waals surface area contributed by atoms with Crippen molar-refractivity contribution >= 4 is 17.0 Å². The van der Waals surface area contributed by atoms with Gasteiger partial charge in [0.05, 0.1) is 12.2 Å². The van der Waals surface area contributed by atoms with Gasteiger partial charge in [0.2, 0.25) is 0 Å². The van der Waals surface area contributed by atoms with Crippen LogP contribution in [0.5, 0.6) is 0 Å². The molecule has 2 aromatic rings. The quantitative estimate of drug-likeness (QED) is 0.859. The van der Waals surface area contributed by atoms with Crippen LogP contribution in [0.25, 0.3) is 0 Å². The van der Waals surface area contributed by atoms with Crippen molar-refractivity contribution in [3.8, 4) is 0 Å². The average Bonchev–Trinajstić information content (AvgIpc) is 2.45. The zero-order valence-corrected chi connectivity index (χ0v) is 10.0. The van der Waals surface area contributed by atoms with Crippen molar-refractivity contribution in [1.82, 2.24) is 9.55 Å². The summed E-state index contributed by atoms with van der Waals surface area (Å²) in [7, 11) is 0. The molecule has 0 radical (unpaired) electrons. The van der Waals surface area contributed by atoms with E-state index in [1.165, 1.54) is 11.3 Å². The van der Waals surface area contributed by atoms with Gasteiger partial charge in [0.25, 0.3) is 0 Å². The van der Waals surface area contributed by atoms with Crippen molar-refractivity contribution in [3.63, 3.8) is 0 Å². The van der Waals surface area contributed by atoms with Crippen LogP contribution in [0.15, 0.2) is 23.1 Å². The van der Waals surface area contributed by atoms with E-state index in [2.05, 4.69) is 4.98 Å². The standard InChI is InChI=1S/C11H13N3OS/c1-7-8(2)16-11(15)14(7)6-10-5-9(12)3-4-13-10/h3-5H,6H2,1-2H3,(H2,12,13). The van der Waals surface area contributed by atoms with Crippen LogP contribution in [-0.4, -0.2) is 9.55 Å². The van der Waals surface area contributed by atoms with Crippen LogP contribution >= 0.6 is 11.3 Å². The Kier molecular flexibility index (Phi) is 2.78. The lowest BCUT2D eigenvalue weighted by molar-refractivity contribution is 0.733. The highest BCUT2D eigenvalue weighted by Gasteiger charge is 2.08. The number of aromatic nitrogens is 2. The molecule has 0 aromatic carbocycles. The third-order valence-electron chi connectivity index (χ3n) is 2.54. The van der Waals surface area contributed by atoms with E-state index in [9.17, 15) is 4.79 Å². The summed E-state index contributed by atoms with van der Waals surface area (Å²) in [5.41, 5.74) is 8.15. The van der Waals surface area contributed by atoms with E-state index in [1.807, 2.05) is 13.8 Å². The van der Waals surface area contributed by atoms with Crippen LogP contribution in [0.3, 0.4) is 0 Å². The highest BCUT2D eigenvalue weighted by atomic mass is 32.1. The molecule has 84 valence electrons. The number of nitrogens with two attached hydrogens (primary N) is 1. The molecule has 0 aliphatic rings. The molecule has 0 saturated carbocycles. The maximum Gasteiger partial charge on any atom is 0.307 e. The van der Waals surface area contributed by atoms with Gasteiger partial charge in [-0.2, -0.15) is 0 Å². The molecule has 0 saturated heterocycles. The smallest absolute Gasteiger partial charge is 0.307 e. The first-order valence-corrected chi connectivity index (χ1v) is 5.77. The first-order chi connectivity index (χ1) is 7.58. The van der Waals surface area contributed by atoms with Crippen molar-refractivity contribution in [1.29, 1.82) is 0 Å². The maximum absolute atomic E-state index is 11.7. The minimum Gasteiger partial charge on any atom is -0.399 e. The number of rotatable bonds is 2. The van der Waals surface area contributed by atoms with Crippen molar-refractivity contribution in [2.75, 3.05) is 5.73 Å². The molecule has 5 heteroatoms. The Balaban J connectivity index is 2.38. The van der Waals surface area contributed by atoms with Crippen LogP contribution in [0, 0.1) is 13.8 Å². The van der Waals surface area contributed by atoms with Crippen molar-refractivity contribution in [2.45, 2.75) is 20.4 Å². The SMILES string of the molecule is Cc1sc(=O)n(Cc2cc(N)ccn2)c1C. The highest BCUT2D eigenvalue weighted by molar-refractivity contribution is 7.09. The summed E-state index contributed by atoms with van der Waals surface area (Å²) >= 11 is 1.27. The minimum absolute atomic E-state index is 0.0548. The zero-order chi connectivity index (χ0) is 11.7. The lowest BCUT2D eigenvalue weighted by atomic mass is 10.3. The number of thiazole rings is 1. The Morgan fingerprint density at radius 2 is 2.25 bits per heavy atom.